The highest BCUT2D eigenvalue weighted by molar-refractivity contribution is 7.80. The molecule has 0 bridgehead atoms. The largest absolute Gasteiger partial charge is 0.433 e. The van der Waals surface area contributed by atoms with Gasteiger partial charge in [-0.25, -0.2) is 4.98 Å². The molecule has 2 aliphatic rings. The van der Waals surface area contributed by atoms with E-state index in [2.05, 4.69) is 20.6 Å². The molecule has 1 unspecified atom stereocenters. The lowest BCUT2D eigenvalue weighted by Crippen LogP contribution is -2.36. The van der Waals surface area contributed by atoms with Crippen LogP contribution in [0.2, 0.25) is 0 Å². The number of nitrogens with one attached hydrogen (secondary N) is 2. The van der Waals surface area contributed by atoms with Crippen molar-refractivity contribution in [2.75, 3.05) is 36.5 Å². The average molecular weight is 389 g/mol. The molecule has 1 aromatic rings. The van der Waals surface area contributed by atoms with Crippen LogP contribution in [0, 0.1) is 0 Å². The smallest absolute Gasteiger partial charge is 0.376 e. The summed E-state index contributed by atoms with van der Waals surface area (Å²) in [7, 11) is 0. The van der Waals surface area contributed by atoms with Gasteiger partial charge < -0.3 is 20.3 Å². The van der Waals surface area contributed by atoms with Crippen molar-refractivity contribution < 1.29 is 17.9 Å². The molecule has 0 amide bonds. The molecule has 0 aromatic carbocycles. The summed E-state index contributed by atoms with van der Waals surface area (Å²) in [5.41, 5.74) is -0.975. The van der Waals surface area contributed by atoms with Gasteiger partial charge in [-0.15, -0.1) is 0 Å². The Bertz CT molecular complexity index is 631. The molecule has 0 aliphatic carbocycles. The van der Waals surface area contributed by atoms with Crippen LogP contribution in [-0.4, -0.2) is 47.4 Å². The molecule has 2 N–H and O–H groups in total. The van der Waals surface area contributed by atoms with Crippen LogP contribution in [0.4, 0.5) is 24.9 Å². The highest BCUT2D eigenvalue weighted by atomic mass is 32.1. The third kappa shape index (κ3) is 5.16. The van der Waals surface area contributed by atoms with Crippen LogP contribution < -0.4 is 15.5 Å². The molecule has 10 heteroatoms. The van der Waals surface area contributed by atoms with Gasteiger partial charge in [0.05, 0.1) is 6.10 Å². The van der Waals surface area contributed by atoms with Crippen LogP contribution in [0.3, 0.4) is 0 Å². The third-order valence-corrected chi connectivity index (χ3v) is 4.67. The fourth-order valence-corrected chi connectivity index (χ4v) is 3.25. The minimum absolute atomic E-state index is 0.0705. The van der Waals surface area contributed by atoms with E-state index >= 15 is 0 Å². The molecule has 3 rings (SSSR count). The van der Waals surface area contributed by atoms with Crippen molar-refractivity contribution >= 4 is 29.1 Å². The van der Waals surface area contributed by atoms with Crippen molar-refractivity contribution in [3.8, 4) is 0 Å². The van der Waals surface area contributed by atoms with Crippen LogP contribution in [-0.2, 0) is 10.9 Å². The number of alkyl halides is 3. The van der Waals surface area contributed by atoms with Crippen LogP contribution >= 0.6 is 12.2 Å². The number of aromatic nitrogens is 2. The number of hydrogen-bond acceptors (Lipinski definition) is 5. The maximum atomic E-state index is 13.2. The summed E-state index contributed by atoms with van der Waals surface area (Å²) in [6, 6.07) is 0.999. The van der Waals surface area contributed by atoms with Crippen LogP contribution in [0.25, 0.3) is 0 Å². The minimum Gasteiger partial charge on any atom is -0.376 e. The number of rotatable bonds is 4. The van der Waals surface area contributed by atoms with Crippen LogP contribution in [0.15, 0.2) is 6.07 Å². The van der Waals surface area contributed by atoms with Crippen molar-refractivity contribution in [1.29, 1.82) is 0 Å². The van der Waals surface area contributed by atoms with Gasteiger partial charge in [0.15, 0.2) is 10.8 Å². The molecule has 26 heavy (non-hydrogen) atoms. The zero-order chi connectivity index (χ0) is 18.6. The quantitative estimate of drug-likeness (QED) is 0.768. The van der Waals surface area contributed by atoms with Crippen LogP contribution in [0.5, 0.6) is 0 Å². The molecule has 6 nitrogen and oxygen atoms in total. The highest BCUT2D eigenvalue weighted by Gasteiger charge is 2.34. The Morgan fingerprint density at radius 2 is 2.00 bits per heavy atom. The molecule has 2 saturated heterocycles. The second-order valence-corrected chi connectivity index (χ2v) is 6.86. The first-order valence-corrected chi connectivity index (χ1v) is 9.20. The number of hydrogen-bond donors (Lipinski definition) is 2. The van der Waals surface area contributed by atoms with Gasteiger partial charge in [0.1, 0.15) is 5.82 Å². The lowest BCUT2D eigenvalue weighted by Gasteiger charge is -2.28. The zero-order valence-corrected chi connectivity index (χ0v) is 15.1. The fraction of sp³-hybridized carbons (Fsp3) is 0.688. The Kier molecular flexibility index (Phi) is 6.13. The standard InChI is InChI=1S/C16H22F3N5OS/c17-16(18,19)12-9-13(24-6-2-1-3-7-24)22-14(21-12)23-15(26)20-10-11-5-4-8-25-11/h9,11H,1-8,10H2,(H2,20,21,22,23,26). The zero-order valence-electron chi connectivity index (χ0n) is 14.3. The maximum Gasteiger partial charge on any atom is 0.433 e. The van der Waals surface area contributed by atoms with Gasteiger partial charge in [0.2, 0.25) is 5.95 Å². The van der Waals surface area contributed by atoms with E-state index in [0.717, 1.165) is 44.8 Å². The number of halogens is 3. The first-order valence-electron chi connectivity index (χ1n) is 8.79. The van der Waals surface area contributed by atoms with E-state index in [1.807, 2.05) is 4.90 Å². The first-order chi connectivity index (χ1) is 12.4. The summed E-state index contributed by atoms with van der Waals surface area (Å²) < 4.78 is 45.1. The Morgan fingerprint density at radius 1 is 1.23 bits per heavy atom. The molecule has 3 heterocycles. The average Bonchev–Trinajstić information content (AvgIpc) is 3.13. The molecular formula is C16H22F3N5OS. The van der Waals surface area contributed by atoms with E-state index in [1.165, 1.54) is 0 Å². The number of anilines is 2. The summed E-state index contributed by atoms with van der Waals surface area (Å²) >= 11 is 5.15. The van der Waals surface area contributed by atoms with E-state index in [9.17, 15) is 13.2 Å². The molecular weight excluding hydrogens is 367 g/mol. The normalized spacial score (nSPS) is 20.9. The van der Waals surface area contributed by atoms with Gasteiger partial charge in [-0.05, 0) is 44.3 Å². The van der Waals surface area contributed by atoms with Crippen LogP contribution in [0.1, 0.15) is 37.8 Å². The number of nitrogens with zero attached hydrogens (tertiary/aromatic N) is 3. The van der Waals surface area contributed by atoms with Crippen molar-refractivity contribution in [1.82, 2.24) is 15.3 Å². The predicted molar refractivity (Wildman–Crippen MR) is 96.3 cm³/mol. The summed E-state index contributed by atoms with van der Waals surface area (Å²) in [4.78, 5) is 9.68. The second-order valence-electron chi connectivity index (χ2n) is 6.45. The monoisotopic (exact) mass is 389 g/mol. The van der Waals surface area contributed by atoms with Crippen molar-refractivity contribution in [2.24, 2.45) is 0 Å². The first kappa shape index (κ1) is 19.1. The summed E-state index contributed by atoms with van der Waals surface area (Å²) in [5, 5.41) is 5.81. The predicted octanol–water partition coefficient (Wildman–Crippen LogP) is 2.95. The second kappa shape index (κ2) is 8.34. The summed E-state index contributed by atoms with van der Waals surface area (Å²) in [5.74, 6) is 0.127. The molecule has 0 saturated carbocycles. The third-order valence-electron chi connectivity index (χ3n) is 4.42. The van der Waals surface area contributed by atoms with Crippen molar-refractivity contribution in [2.45, 2.75) is 44.4 Å². The van der Waals surface area contributed by atoms with Gasteiger partial charge in [-0.3, -0.25) is 0 Å². The lowest BCUT2D eigenvalue weighted by atomic mass is 10.1. The SMILES string of the molecule is FC(F)(F)c1cc(N2CCCCC2)nc(NC(=S)NCC2CCCO2)n1. The van der Waals surface area contributed by atoms with Gasteiger partial charge in [-0.1, -0.05) is 0 Å². The molecule has 1 aromatic heterocycles. The Balaban J connectivity index is 1.70. The van der Waals surface area contributed by atoms with Gasteiger partial charge in [-0.2, -0.15) is 18.2 Å². The number of thiocarbonyl (C=S) groups is 1. The summed E-state index contributed by atoms with van der Waals surface area (Å²) in [6.45, 7) is 2.61. The fourth-order valence-electron chi connectivity index (χ4n) is 3.08. The Morgan fingerprint density at radius 3 is 2.65 bits per heavy atom. The van der Waals surface area contributed by atoms with Crippen molar-refractivity contribution in [3.63, 3.8) is 0 Å². The summed E-state index contributed by atoms with van der Waals surface area (Å²) in [6.07, 6.45) is 0.427. The number of piperidine rings is 1. The number of ether oxygens (including phenoxy) is 1. The van der Waals surface area contributed by atoms with E-state index in [1.54, 1.807) is 0 Å². The molecule has 1 atom stereocenters. The lowest BCUT2D eigenvalue weighted by molar-refractivity contribution is -0.141. The minimum atomic E-state index is -4.54. The highest BCUT2D eigenvalue weighted by Crippen LogP contribution is 2.31. The van der Waals surface area contributed by atoms with Gasteiger partial charge >= 0.3 is 6.18 Å². The molecule has 144 valence electrons. The molecule has 0 radical (unpaired) electrons. The van der Waals surface area contributed by atoms with E-state index in [0.29, 0.717) is 19.6 Å². The van der Waals surface area contributed by atoms with E-state index < -0.39 is 11.9 Å². The van der Waals surface area contributed by atoms with Crippen molar-refractivity contribution in [3.05, 3.63) is 11.8 Å². The van der Waals surface area contributed by atoms with Gasteiger partial charge in [0, 0.05) is 32.3 Å². The van der Waals surface area contributed by atoms with E-state index in [4.69, 9.17) is 17.0 Å². The molecule has 0 spiro atoms. The molecule has 2 aliphatic heterocycles. The topological polar surface area (TPSA) is 62.3 Å². The Labute approximate surface area is 155 Å². The van der Waals surface area contributed by atoms with E-state index in [-0.39, 0.29) is 23.0 Å². The van der Waals surface area contributed by atoms with Gasteiger partial charge in [0.25, 0.3) is 0 Å². The molecule has 2 fully saturated rings. The Hall–Kier alpha value is -1.68. The maximum absolute atomic E-state index is 13.2.